The Morgan fingerprint density at radius 3 is 2.40 bits per heavy atom. The molecule has 1 aromatic heterocycles. The minimum Gasteiger partial charge on any atom is -0.482 e. The number of rotatable bonds is 6. The zero-order valence-corrected chi connectivity index (χ0v) is 11.0. The summed E-state index contributed by atoms with van der Waals surface area (Å²) in [6, 6.07) is 8.77. The number of aromatic nitrogens is 2. The van der Waals surface area contributed by atoms with Crippen LogP contribution >= 0.6 is 0 Å². The van der Waals surface area contributed by atoms with E-state index in [0.717, 1.165) is 0 Å². The van der Waals surface area contributed by atoms with Crippen molar-refractivity contribution in [2.75, 3.05) is 13.2 Å². The number of nitrogens with zero attached hydrogens (tertiary/aromatic N) is 2. The zero-order chi connectivity index (χ0) is 14.2. The summed E-state index contributed by atoms with van der Waals surface area (Å²) in [5.41, 5.74) is 0. The number of esters is 1. The van der Waals surface area contributed by atoms with Crippen molar-refractivity contribution < 1.29 is 19.0 Å². The van der Waals surface area contributed by atoms with E-state index in [-0.39, 0.29) is 12.6 Å². The number of benzene rings is 1. The number of carbonyl (C=O) groups excluding carboxylic acids is 1. The van der Waals surface area contributed by atoms with Gasteiger partial charge in [0, 0.05) is 12.4 Å². The van der Waals surface area contributed by atoms with Crippen LogP contribution in [0.2, 0.25) is 0 Å². The number of hydrogen-bond acceptors (Lipinski definition) is 6. The summed E-state index contributed by atoms with van der Waals surface area (Å²) < 4.78 is 15.5. The summed E-state index contributed by atoms with van der Waals surface area (Å²) in [5, 5.41) is 0. The molecule has 0 atom stereocenters. The quantitative estimate of drug-likeness (QED) is 0.752. The summed E-state index contributed by atoms with van der Waals surface area (Å²) in [6.45, 7) is 1.97. The van der Waals surface area contributed by atoms with Crippen LogP contribution in [-0.2, 0) is 9.53 Å². The van der Waals surface area contributed by atoms with Gasteiger partial charge in [-0.2, -0.15) is 0 Å². The van der Waals surface area contributed by atoms with E-state index in [1.807, 2.05) is 0 Å². The van der Waals surface area contributed by atoms with E-state index >= 15 is 0 Å². The fourth-order valence-corrected chi connectivity index (χ4v) is 1.39. The number of ether oxygens (including phenoxy) is 3. The van der Waals surface area contributed by atoms with E-state index in [2.05, 4.69) is 9.97 Å². The number of carbonyl (C=O) groups is 1. The topological polar surface area (TPSA) is 70.5 Å². The standard InChI is InChI=1S/C14H14N2O4/c1-2-18-13(17)10-19-11-4-6-12(7-5-11)20-14-15-8-3-9-16-14/h3-9H,2,10H2,1H3. The Morgan fingerprint density at radius 2 is 1.75 bits per heavy atom. The predicted octanol–water partition coefficient (Wildman–Crippen LogP) is 2.21. The van der Waals surface area contributed by atoms with Crippen LogP contribution in [0.4, 0.5) is 0 Å². The van der Waals surface area contributed by atoms with Crippen LogP contribution in [0.15, 0.2) is 42.7 Å². The Hall–Kier alpha value is -2.63. The van der Waals surface area contributed by atoms with Crippen molar-refractivity contribution >= 4 is 5.97 Å². The highest BCUT2D eigenvalue weighted by Gasteiger charge is 2.04. The predicted molar refractivity (Wildman–Crippen MR) is 70.7 cm³/mol. The Labute approximate surface area is 116 Å². The van der Waals surface area contributed by atoms with Gasteiger partial charge in [0.25, 0.3) is 0 Å². The maximum Gasteiger partial charge on any atom is 0.344 e. The van der Waals surface area contributed by atoms with Gasteiger partial charge in [0.1, 0.15) is 11.5 Å². The molecule has 0 fully saturated rings. The smallest absolute Gasteiger partial charge is 0.344 e. The second kappa shape index (κ2) is 7.08. The van der Waals surface area contributed by atoms with Crippen molar-refractivity contribution in [1.29, 1.82) is 0 Å². The van der Waals surface area contributed by atoms with Gasteiger partial charge in [-0.1, -0.05) is 0 Å². The molecule has 0 aliphatic heterocycles. The molecule has 0 aliphatic carbocycles. The second-order valence-electron chi connectivity index (χ2n) is 3.70. The average Bonchev–Trinajstić information content (AvgIpc) is 2.48. The normalized spacial score (nSPS) is 9.85. The van der Waals surface area contributed by atoms with Crippen molar-refractivity contribution in [3.05, 3.63) is 42.7 Å². The molecule has 2 rings (SSSR count). The molecular weight excluding hydrogens is 260 g/mol. The van der Waals surface area contributed by atoms with Crippen molar-refractivity contribution in [3.63, 3.8) is 0 Å². The summed E-state index contributed by atoms with van der Waals surface area (Å²) in [7, 11) is 0. The molecule has 2 aromatic rings. The molecule has 0 saturated heterocycles. The van der Waals surface area contributed by atoms with Crippen molar-refractivity contribution in [3.8, 4) is 17.5 Å². The maximum absolute atomic E-state index is 11.1. The van der Waals surface area contributed by atoms with E-state index in [1.165, 1.54) is 0 Å². The third kappa shape index (κ3) is 4.24. The molecule has 0 N–H and O–H groups in total. The van der Waals surface area contributed by atoms with Gasteiger partial charge in [0.15, 0.2) is 6.61 Å². The van der Waals surface area contributed by atoms with E-state index in [0.29, 0.717) is 18.1 Å². The van der Waals surface area contributed by atoms with Crippen molar-refractivity contribution in [2.45, 2.75) is 6.92 Å². The van der Waals surface area contributed by atoms with Crippen molar-refractivity contribution in [1.82, 2.24) is 9.97 Å². The maximum atomic E-state index is 11.1. The molecule has 0 radical (unpaired) electrons. The first-order chi connectivity index (χ1) is 9.78. The van der Waals surface area contributed by atoms with Crippen LogP contribution in [0.5, 0.6) is 17.5 Å². The van der Waals surface area contributed by atoms with Crippen LogP contribution in [0.1, 0.15) is 6.92 Å². The van der Waals surface area contributed by atoms with Gasteiger partial charge in [-0.3, -0.25) is 0 Å². The molecule has 0 unspecified atom stereocenters. The fourth-order valence-electron chi connectivity index (χ4n) is 1.39. The molecule has 1 heterocycles. The Bertz CT molecular complexity index is 543. The van der Waals surface area contributed by atoms with Crippen LogP contribution in [0.3, 0.4) is 0 Å². The highest BCUT2D eigenvalue weighted by atomic mass is 16.6. The third-order valence-corrected chi connectivity index (χ3v) is 2.24. The molecule has 0 bridgehead atoms. The lowest BCUT2D eigenvalue weighted by molar-refractivity contribution is -0.145. The summed E-state index contributed by atoms with van der Waals surface area (Å²) >= 11 is 0. The van der Waals surface area contributed by atoms with E-state index < -0.39 is 5.97 Å². The molecule has 104 valence electrons. The lowest BCUT2D eigenvalue weighted by atomic mass is 10.3. The van der Waals surface area contributed by atoms with Crippen LogP contribution in [0, 0.1) is 0 Å². The zero-order valence-electron chi connectivity index (χ0n) is 11.0. The Kier molecular flexibility index (Phi) is 4.88. The van der Waals surface area contributed by atoms with Gasteiger partial charge in [-0.15, -0.1) is 0 Å². The molecule has 20 heavy (non-hydrogen) atoms. The van der Waals surface area contributed by atoms with E-state index in [4.69, 9.17) is 14.2 Å². The van der Waals surface area contributed by atoms with E-state index in [1.54, 1.807) is 49.6 Å². The SMILES string of the molecule is CCOC(=O)COc1ccc(Oc2ncccn2)cc1. The minimum atomic E-state index is -0.398. The second-order valence-corrected chi connectivity index (χ2v) is 3.70. The summed E-state index contributed by atoms with van der Waals surface area (Å²) in [4.78, 5) is 19.0. The highest BCUT2D eigenvalue weighted by Crippen LogP contribution is 2.20. The van der Waals surface area contributed by atoms with Crippen LogP contribution in [-0.4, -0.2) is 29.2 Å². The third-order valence-electron chi connectivity index (χ3n) is 2.24. The first kappa shape index (κ1) is 13.8. The van der Waals surface area contributed by atoms with Crippen LogP contribution < -0.4 is 9.47 Å². The largest absolute Gasteiger partial charge is 0.482 e. The van der Waals surface area contributed by atoms with Gasteiger partial charge in [0.2, 0.25) is 0 Å². The fraction of sp³-hybridized carbons (Fsp3) is 0.214. The van der Waals surface area contributed by atoms with Gasteiger partial charge in [-0.05, 0) is 37.3 Å². The van der Waals surface area contributed by atoms with Crippen molar-refractivity contribution in [2.24, 2.45) is 0 Å². The van der Waals surface area contributed by atoms with Gasteiger partial charge < -0.3 is 14.2 Å². The summed E-state index contributed by atoms with van der Waals surface area (Å²) in [6.07, 6.45) is 3.19. The summed E-state index contributed by atoms with van der Waals surface area (Å²) in [5.74, 6) is 0.740. The number of hydrogen-bond donors (Lipinski definition) is 0. The van der Waals surface area contributed by atoms with Gasteiger partial charge >= 0.3 is 12.0 Å². The molecule has 1 aromatic carbocycles. The molecule has 0 saturated carbocycles. The first-order valence-corrected chi connectivity index (χ1v) is 6.11. The Morgan fingerprint density at radius 1 is 1.10 bits per heavy atom. The molecular formula is C14H14N2O4. The molecule has 0 spiro atoms. The van der Waals surface area contributed by atoms with Gasteiger partial charge in [0.05, 0.1) is 6.61 Å². The lowest BCUT2D eigenvalue weighted by Crippen LogP contribution is -2.14. The molecule has 6 nitrogen and oxygen atoms in total. The highest BCUT2D eigenvalue weighted by molar-refractivity contribution is 5.71. The Balaban J connectivity index is 1.88. The lowest BCUT2D eigenvalue weighted by Gasteiger charge is -2.07. The van der Waals surface area contributed by atoms with E-state index in [9.17, 15) is 4.79 Å². The molecule has 0 amide bonds. The average molecular weight is 274 g/mol. The minimum absolute atomic E-state index is 0.115. The monoisotopic (exact) mass is 274 g/mol. The van der Waals surface area contributed by atoms with Gasteiger partial charge in [-0.25, -0.2) is 14.8 Å². The molecule has 6 heteroatoms. The first-order valence-electron chi connectivity index (χ1n) is 6.11. The van der Waals surface area contributed by atoms with Crippen LogP contribution in [0.25, 0.3) is 0 Å². The molecule has 0 aliphatic rings.